The van der Waals surface area contributed by atoms with Gasteiger partial charge in [0.05, 0.1) is 25.5 Å². The largest absolute Gasteiger partial charge is 0.497 e. The fourth-order valence-corrected chi connectivity index (χ4v) is 3.25. The van der Waals surface area contributed by atoms with E-state index in [1.54, 1.807) is 31.4 Å². The van der Waals surface area contributed by atoms with E-state index >= 15 is 0 Å². The third kappa shape index (κ3) is 4.03. The number of imidazole rings is 1. The number of ether oxygens (including phenoxy) is 2. The summed E-state index contributed by atoms with van der Waals surface area (Å²) in [7, 11) is 1.65. The summed E-state index contributed by atoms with van der Waals surface area (Å²) >= 11 is 5.86. The van der Waals surface area contributed by atoms with Crippen molar-refractivity contribution in [1.29, 1.82) is 0 Å². The molecule has 0 saturated heterocycles. The van der Waals surface area contributed by atoms with Crippen LogP contribution < -0.4 is 10.1 Å². The van der Waals surface area contributed by atoms with Gasteiger partial charge in [-0.3, -0.25) is 4.79 Å². The first-order valence-electron chi connectivity index (χ1n) is 8.98. The fraction of sp³-hybridized carbons (Fsp3) is 0.238. The van der Waals surface area contributed by atoms with Crippen molar-refractivity contribution < 1.29 is 14.3 Å². The highest BCUT2D eigenvalue weighted by Crippen LogP contribution is 2.24. The van der Waals surface area contributed by atoms with E-state index in [-0.39, 0.29) is 12.0 Å². The molecule has 28 heavy (non-hydrogen) atoms. The predicted molar refractivity (Wildman–Crippen MR) is 107 cm³/mol. The van der Waals surface area contributed by atoms with E-state index in [0.29, 0.717) is 30.3 Å². The summed E-state index contributed by atoms with van der Waals surface area (Å²) in [4.78, 5) is 16.9. The first-order valence-corrected chi connectivity index (χ1v) is 9.36. The summed E-state index contributed by atoms with van der Waals surface area (Å²) in [6, 6.07) is 14.6. The number of rotatable bonds is 5. The second kappa shape index (κ2) is 8.04. The molecule has 0 bridgehead atoms. The monoisotopic (exact) mass is 397 g/mol. The molecule has 7 heteroatoms. The van der Waals surface area contributed by atoms with Crippen molar-refractivity contribution in [2.24, 2.45) is 0 Å². The molecule has 1 aromatic heterocycles. The van der Waals surface area contributed by atoms with E-state index in [1.165, 1.54) is 0 Å². The Bertz CT molecular complexity index is 968. The predicted octanol–water partition coefficient (Wildman–Crippen LogP) is 3.54. The number of aromatic nitrogens is 2. The van der Waals surface area contributed by atoms with Crippen molar-refractivity contribution in [2.75, 3.05) is 13.7 Å². The Kier molecular flexibility index (Phi) is 5.32. The maximum atomic E-state index is 12.2. The Morgan fingerprint density at radius 2 is 2.00 bits per heavy atom. The zero-order valence-corrected chi connectivity index (χ0v) is 16.1. The van der Waals surface area contributed by atoms with Crippen molar-refractivity contribution in [3.05, 3.63) is 71.1 Å². The van der Waals surface area contributed by atoms with Gasteiger partial charge in [0.15, 0.2) is 0 Å². The molecule has 144 valence electrons. The first-order chi connectivity index (χ1) is 13.6. The molecule has 2 aromatic carbocycles. The van der Waals surface area contributed by atoms with Gasteiger partial charge in [0, 0.05) is 28.9 Å². The lowest BCUT2D eigenvalue weighted by atomic mass is 10.1. The normalized spacial score (nSPS) is 15.7. The maximum absolute atomic E-state index is 12.2. The summed E-state index contributed by atoms with van der Waals surface area (Å²) in [6.45, 7) is 1.48. The van der Waals surface area contributed by atoms with Crippen LogP contribution in [0.1, 0.15) is 16.2 Å². The molecule has 0 aliphatic carbocycles. The average Bonchev–Trinajstić information content (AvgIpc) is 3.16. The second-order valence-corrected chi connectivity index (χ2v) is 7.01. The molecule has 1 atom stereocenters. The zero-order valence-electron chi connectivity index (χ0n) is 15.4. The van der Waals surface area contributed by atoms with Crippen LogP contribution in [0.15, 0.2) is 54.7 Å². The molecule has 2 heterocycles. The van der Waals surface area contributed by atoms with E-state index in [4.69, 9.17) is 21.1 Å². The van der Waals surface area contributed by atoms with Crippen LogP contribution >= 0.6 is 11.6 Å². The Labute approximate surface area is 168 Å². The average molecular weight is 398 g/mol. The van der Waals surface area contributed by atoms with Crippen molar-refractivity contribution in [2.45, 2.75) is 19.3 Å². The SMILES string of the molecule is COc1ccc(-c2cn3c(n2)CO[C@@H](CNC(=O)c2ccc(Cl)cc2)C3)cc1. The number of carbonyl (C=O) groups is 1. The van der Waals surface area contributed by atoms with E-state index in [1.807, 2.05) is 30.5 Å². The Balaban J connectivity index is 1.38. The number of halogens is 1. The van der Waals surface area contributed by atoms with Crippen LogP contribution in [-0.2, 0) is 17.9 Å². The summed E-state index contributed by atoms with van der Waals surface area (Å²) < 4.78 is 13.1. The lowest BCUT2D eigenvalue weighted by Crippen LogP contribution is -2.38. The van der Waals surface area contributed by atoms with Crippen molar-refractivity contribution in [3.8, 4) is 17.0 Å². The molecule has 1 aliphatic rings. The summed E-state index contributed by atoms with van der Waals surface area (Å²) in [5.41, 5.74) is 2.49. The second-order valence-electron chi connectivity index (χ2n) is 6.57. The van der Waals surface area contributed by atoms with Gasteiger partial charge >= 0.3 is 0 Å². The standard InChI is InChI=1S/C21H20ClN3O3/c1-27-17-8-4-14(5-9-17)19-12-25-11-18(28-13-20(25)24-19)10-23-21(26)15-2-6-16(22)7-3-15/h2-9,12,18H,10-11,13H2,1H3,(H,23,26)/t18-/m0/s1. The minimum atomic E-state index is -0.143. The van der Waals surface area contributed by atoms with Crippen LogP contribution in [0.3, 0.4) is 0 Å². The molecular formula is C21H20ClN3O3. The smallest absolute Gasteiger partial charge is 0.251 e. The lowest BCUT2D eigenvalue weighted by Gasteiger charge is -2.24. The van der Waals surface area contributed by atoms with Crippen LogP contribution in [-0.4, -0.2) is 35.2 Å². The van der Waals surface area contributed by atoms with Crippen molar-refractivity contribution in [1.82, 2.24) is 14.9 Å². The van der Waals surface area contributed by atoms with Gasteiger partial charge in [0.25, 0.3) is 5.91 Å². The third-order valence-electron chi connectivity index (χ3n) is 4.69. The van der Waals surface area contributed by atoms with Gasteiger partial charge in [-0.1, -0.05) is 11.6 Å². The van der Waals surface area contributed by atoms with Gasteiger partial charge in [-0.15, -0.1) is 0 Å². The minimum Gasteiger partial charge on any atom is -0.497 e. The molecule has 0 fully saturated rings. The number of amides is 1. The Morgan fingerprint density at radius 1 is 1.25 bits per heavy atom. The fourth-order valence-electron chi connectivity index (χ4n) is 3.13. The molecule has 1 N–H and O–H groups in total. The van der Waals surface area contributed by atoms with E-state index in [0.717, 1.165) is 22.8 Å². The number of nitrogens with zero attached hydrogens (tertiary/aromatic N) is 2. The number of nitrogens with one attached hydrogen (secondary N) is 1. The Hall–Kier alpha value is -2.83. The minimum absolute atomic E-state index is 0.110. The summed E-state index contributed by atoms with van der Waals surface area (Å²) in [5, 5.41) is 3.52. The molecule has 0 unspecified atom stereocenters. The number of carbonyl (C=O) groups excluding carboxylic acids is 1. The number of hydrogen-bond acceptors (Lipinski definition) is 4. The van der Waals surface area contributed by atoms with Crippen LogP contribution in [0.25, 0.3) is 11.3 Å². The molecule has 0 spiro atoms. The highest BCUT2D eigenvalue weighted by molar-refractivity contribution is 6.30. The van der Waals surface area contributed by atoms with Crippen LogP contribution in [0.4, 0.5) is 0 Å². The van der Waals surface area contributed by atoms with Crippen molar-refractivity contribution in [3.63, 3.8) is 0 Å². The highest BCUT2D eigenvalue weighted by atomic mass is 35.5. The molecule has 3 aromatic rings. The number of methoxy groups -OCH3 is 1. The van der Waals surface area contributed by atoms with Crippen LogP contribution in [0.2, 0.25) is 5.02 Å². The van der Waals surface area contributed by atoms with Gasteiger partial charge in [0.1, 0.15) is 18.2 Å². The maximum Gasteiger partial charge on any atom is 0.251 e. The van der Waals surface area contributed by atoms with Crippen LogP contribution in [0.5, 0.6) is 5.75 Å². The first kappa shape index (κ1) is 18.5. The number of hydrogen-bond donors (Lipinski definition) is 1. The van der Waals surface area contributed by atoms with Crippen molar-refractivity contribution >= 4 is 17.5 Å². The highest BCUT2D eigenvalue weighted by Gasteiger charge is 2.22. The molecule has 0 saturated carbocycles. The topological polar surface area (TPSA) is 65.4 Å². The number of fused-ring (bicyclic) bond motifs is 1. The van der Waals surface area contributed by atoms with E-state index < -0.39 is 0 Å². The summed E-state index contributed by atoms with van der Waals surface area (Å²) in [6.07, 6.45) is 1.91. The van der Waals surface area contributed by atoms with Gasteiger partial charge < -0.3 is 19.4 Å². The van der Waals surface area contributed by atoms with Gasteiger partial charge in [-0.25, -0.2) is 4.98 Å². The van der Waals surface area contributed by atoms with E-state index in [2.05, 4.69) is 14.9 Å². The lowest BCUT2D eigenvalue weighted by molar-refractivity contribution is 0.00327. The molecular weight excluding hydrogens is 378 g/mol. The molecule has 0 radical (unpaired) electrons. The molecule has 1 amide bonds. The zero-order chi connectivity index (χ0) is 19.5. The molecule has 1 aliphatic heterocycles. The van der Waals surface area contributed by atoms with Gasteiger partial charge in [-0.05, 0) is 48.5 Å². The quantitative estimate of drug-likeness (QED) is 0.715. The van der Waals surface area contributed by atoms with Gasteiger partial charge in [0.2, 0.25) is 0 Å². The van der Waals surface area contributed by atoms with E-state index in [9.17, 15) is 4.79 Å². The number of benzene rings is 2. The van der Waals surface area contributed by atoms with Gasteiger partial charge in [-0.2, -0.15) is 0 Å². The third-order valence-corrected chi connectivity index (χ3v) is 4.94. The molecule has 6 nitrogen and oxygen atoms in total. The Morgan fingerprint density at radius 3 is 2.71 bits per heavy atom. The molecule has 4 rings (SSSR count). The summed E-state index contributed by atoms with van der Waals surface area (Å²) in [5.74, 6) is 1.55. The van der Waals surface area contributed by atoms with Crippen LogP contribution in [0, 0.1) is 0 Å².